The fraction of sp³-hybridized carbons (Fsp3) is 0.286. The zero-order valence-electron chi connectivity index (χ0n) is 15.9. The van der Waals surface area contributed by atoms with Crippen LogP contribution < -0.4 is 0 Å². The summed E-state index contributed by atoms with van der Waals surface area (Å²) in [6.45, 7) is 2.58. The summed E-state index contributed by atoms with van der Waals surface area (Å²) in [6.07, 6.45) is 2.57. The van der Waals surface area contributed by atoms with Gasteiger partial charge >= 0.3 is 0 Å². The Morgan fingerprint density at radius 3 is 2.55 bits per heavy atom. The van der Waals surface area contributed by atoms with E-state index in [4.69, 9.17) is 4.52 Å². The number of hydrogen-bond donors (Lipinski definition) is 0. The van der Waals surface area contributed by atoms with E-state index in [1.807, 2.05) is 31.2 Å². The van der Waals surface area contributed by atoms with Gasteiger partial charge in [-0.05, 0) is 38.3 Å². The van der Waals surface area contributed by atoms with Gasteiger partial charge in [-0.25, -0.2) is 0 Å². The summed E-state index contributed by atoms with van der Waals surface area (Å²) in [7, 11) is 0. The first-order valence-electron chi connectivity index (χ1n) is 9.49. The number of nitrogens with zero attached hydrogens (tertiary/aromatic N) is 4. The number of aryl methyl sites for hydroxylation is 1. The second-order valence-corrected chi connectivity index (χ2v) is 7.14. The molecule has 0 saturated carbocycles. The molecule has 1 aliphatic heterocycles. The largest absolute Gasteiger partial charge is 0.337 e. The first-order chi connectivity index (χ1) is 14.0. The van der Waals surface area contributed by atoms with Gasteiger partial charge in [-0.2, -0.15) is 4.98 Å². The lowest BCUT2D eigenvalue weighted by Gasteiger charge is -2.33. The molecule has 1 amide bonds. The molecule has 4 rings (SSSR count). The van der Waals surface area contributed by atoms with Crippen molar-refractivity contribution in [2.45, 2.75) is 32.2 Å². The van der Waals surface area contributed by atoms with Crippen LogP contribution in [0.5, 0.6) is 0 Å². The number of benzene rings is 2. The van der Waals surface area contributed by atoms with Gasteiger partial charge in [-0.1, -0.05) is 35.0 Å². The van der Waals surface area contributed by atoms with Crippen molar-refractivity contribution in [3.8, 4) is 11.4 Å². The fourth-order valence-electron chi connectivity index (χ4n) is 3.51. The van der Waals surface area contributed by atoms with E-state index in [1.54, 1.807) is 4.90 Å². The number of nitro benzene ring substituents is 1. The van der Waals surface area contributed by atoms with E-state index in [0.717, 1.165) is 30.4 Å². The van der Waals surface area contributed by atoms with Crippen molar-refractivity contribution in [3.63, 3.8) is 0 Å². The molecule has 0 aliphatic carbocycles. The summed E-state index contributed by atoms with van der Waals surface area (Å²) >= 11 is 0. The Morgan fingerprint density at radius 2 is 1.86 bits per heavy atom. The highest BCUT2D eigenvalue weighted by Gasteiger charge is 2.33. The summed E-state index contributed by atoms with van der Waals surface area (Å²) in [6, 6.07) is 13.2. The molecule has 148 valence electrons. The molecular weight excluding hydrogens is 372 g/mol. The number of aromatic nitrogens is 2. The van der Waals surface area contributed by atoms with Crippen LogP contribution in [-0.4, -0.2) is 32.4 Å². The Bertz CT molecular complexity index is 1030. The Kier molecular flexibility index (Phi) is 5.07. The molecule has 1 saturated heterocycles. The Hall–Kier alpha value is -3.55. The van der Waals surface area contributed by atoms with Crippen LogP contribution in [0.4, 0.5) is 5.69 Å². The minimum atomic E-state index is -0.483. The van der Waals surface area contributed by atoms with Crippen LogP contribution in [0.15, 0.2) is 53.1 Å². The van der Waals surface area contributed by atoms with Crippen molar-refractivity contribution in [2.24, 2.45) is 0 Å². The highest BCUT2D eigenvalue weighted by atomic mass is 16.6. The normalized spacial score (nSPS) is 16.6. The minimum absolute atomic E-state index is 0.0450. The number of carbonyl (C=O) groups excluding carboxylic acids is 1. The maximum absolute atomic E-state index is 13.0. The molecule has 0 bridgehead atoms. The number of piperidine rings is 1. The molecule has 1 aromatic heterocycles. The number of nitro groups is 1. The third kappa shape index (κ3) is 3.87. The van der Waals surface area contributed by atoms with E-state index >= 15 is 0 Å². The van der Waals surface area contributed by atoms with Gasteiger partial charge < -0.3 is 9.42 Å². The minimum Gasteiger partial charge on any atom is -0.337 e. The summed E-state index contributed by atoms with van der Waals surface area (Å²) in [5.41, 5.74) is 2.36. The molecule has 1 aliphatic rings. The Balaban J connectivity index is 1.58. The number of amides is 1. The SMILES string of the molecule is Cc1ccc(-c2noc([C@H]3CCCCN3C(=O)c3ccc([N+](=O)[O-])cc3)n2)cc1. The van der Waals surface area contributed by atoms with Gasteiger partial charge in [0.15, 0.2) is 0 Å². The van der Waals surface area contributed by atoms with Crippen LogP contribution in [0.25, 0.3) is 11.4 Å². The van der Waals surface area contributed by atoms with Crippen molar-refractivity contribution >= 4 is 11.6 Å². The van der Waals surface area contributed by atoms with E-state index in [0.29, 0.717) is 23.8 Å². The zero-order valence-corrected chi connectivity index (χ0v) is 15.9. The van der Waals surface area contributed by atoms with E-state index in [9.17, 15) is 14.9 Å². The maximum Gasteiger partial charge on any atom is 0.269 e. The molecule has 0 N–H and O–H groups in total. The van der Waals surface area contributed by atoms with E-state index < -0.39 is 4.92 Å². The molecule has 2 heterocycles. The Labute approximate surface area is 167 Å². The molecule has 1 fully saturated rings. The topological polar surface area (TPSA) is 102 Å². The molecule has 3 aromatic rings. The van der Waals surface area contributed by atoms with Gasteiger partial charge in [-0.3, -0.25) is 14.9 Å². The fourth-order valence-corrected chi connectivity index (χ4v) is 3.51. The third-order valence-corrected chi connectivity index (χ3v) is 5.13. The molecule has 8 nitrogen and oxygen atoms in total. The van der Waals surface area contributed by atoms with Crippen LogP contribution in [0, 0.1) is 17.0 Å². The molecule has 0 unspecified atom stereocenters. The van der Waals surface area contributed by atoms with Crippen molar-refractivity contribution in [1.29, 1.82) is 0 Å². The van der Waals surface area contributed by atoms with Crippen molar-refractivity contribution in [2.75, 3.05) is 6.54 Å². The van der Waals surface area contributed by atoms with Crippen LogP contribution in [-0.2, 0) is 0 Å². The predicted octanol–water partition coefficient (Wildman–Crippen LogP) is 4.32. The molecule has 0 radical (unpaired) electrons. The number of hydrogen-bond acceptors (Lipinski definition) is 6. The summed E-state index contributed by atoms with van der Waals surface area (Å²) in [5.74, 6) is 0.712. The van der Waals surface area contributed by atoms with E-state index in [2.05, 4.69) is 10.1 Å². The van der Waals surface area contributed by atoms with Crippen LogP contribution in [0.2, 0.25) is 0 Å². The highest BCUT2D eigenvalue weighted by Crippen LogP contribution is 2.32. The summed E-state index contributed by atoms with van der Waals surface area (Å²) < 4.78 is 5.51. The van der Waals surface area contributed by atoms with Crippen molar-refractivity contribution < 1.29 is 14.2 Å². The molecule has 8 heteroatoms. The van der Waals surface area contributed by atoms with Crippen LogP contribution in [0.1, 0.15) is 47.1 Å². The summed E-state index contributed by atoms with van der Waals surface area (Å²) in [5, 5.41) is 14.9. The van der Waals surface area contributed by atoms with Gasteiger partial charge in [0.25, 0.3) is 11.6 Å². The van der Waals surface area contributed by atoms with Gasteiger partial charge in [0.05, 0.1) is 4.92 Å². The standard InChI is InChI=1S/C21H20N4O4/c1-14-5-7-15(8-6-14)19-22-20(29-23-19)18-4-2-3-13-24(18)21(26)16-9-11-17(12-10-16)25(27)28/h5-12,18H,2-4,13H2,1H3/t18-/m1/s1. The number of likely N-dealkylation sites (tertiary alicyclic amines) is 1. The lowest BCUT2D eigenvalue weighted by atomic mass is 10.0. The van der Waals surface area contributed by atoms with Gasteiger partial charge in [0, 0.05) is 29.8 Å². The summed E-state index contributed by atoms with van der Waals surface area (Å²) in [4.78, 5) is 29.7. The zero-order chi connectivity index (χ0) is 20.4. The average molecular weight is 392 g/mol. The molecule has 0 spiro atoms. The smallest absolute Gasteiger partial charge is 0.269 e. The average Bonchev–Trinajstić information content (AvgIpc) is 3.24. The van der Waals surface area contributed by atoms with E-state index in [-0.39, 0.29) is 17.6 Å². The molecule has 2 aromatic carbocycles. The van der Waals surface area contributed by atoms with E-state index in [1.165, 1.54) is 24.3 Å². The number of non-ortho nitro benzene ring substituents is 1. The van der Waals surface area contributed by atoms with Gasteiger partial charge in [0.1, 0.15) is 6.04 Å². The van der Waals surface area contributed by atoms with Crippen molar-refractivity contribution in [3.05, 3.63) is 75.7 Å². The quantitative estimate of drug-likeness (QED) is 0.484. The van der Waals surface area contributed by atoms with Crippen LogP contribution in [0.3, 0.4) is 0 Å². The van der Waals surface area contributed by atoms with Crippen LogP contribution >= 0.6 is 0 Å². The highest BCUT2D eigenvalue weighted by molar-refractivity contribution is 5.94. The molecule has 1 atom stereocenters. The van der Waals surface area contributed by atoms with Gasteiger partial charge in [-0.15, -0.1) is 0 Å². The lowest BCUT2D eigenvalue weighted by Crippen LogP contribution is -2.38. The first-order valence-corrected chi connectivity index (χ1v) is 9.49. The maximum atomic E-state index is 13.0. The lowest BCUT2D eigenvalue weighted by molar-refractivity contribution is -0.384. The Morgan fingerprint density at radius 1 is 1.14 bits per heavy atom. The number of carbonyl (C=O) groups is 1. The monoisotopic (exact) mass is 392 g/mol. The third-order valence-electron chi connectivity index (χ3n) is 5.13. The van der Waals surface area contributed by atoms with Gasteiger partial charge in [0.2, 0.25) is 11.7 Å². The predicted molar refractivity (Wildman–Crippen MR) is 105 cm³/mol. The first kappa shape index (κ1) is 18.8. The molecule has 29 heavy (non-hydrogen) atoms. The number of rotatable bonds is 4. The molecular formula is C21H20N4O4. The second-order valence-electron chi connectivity index (χ2n) is 7.14. The second kappa shape index (κ2) is 7.83. The van der Waals surface area contributed by atoms with Crippen molar-refractivity contribution in [1.82, 2.24) is 15.0 Å².